The molecule has 1 aromatic rings. The summed E-state index contributed by atoms with van der Waals surface area (Å²) < 4.78 is 0. The fourth-order valence-corrected chi connectivity index (χ4v) is 1.62. The first-order valence-electron chi connectivity index (χ1n) is 6.07. The van der Waals surface area contributed by atoms with Crippen molar-refractivity contribution in [3.05, 3.63) is 35.4 Å². The van der Waals surface area contributed by atoms with E-state index in [1.807, 2.05) is 0 Å². The van der Waals surface area contributed by atoms with Gasteiger partial charge < -0.3 is 22.1 Å². The Morgan fingerprint density at radius 1 is 1.20 bits per heavy atom. The third kappa shape index (κ3) is 4.36. The highest BCUT2D eigenvalue weighted by Crippen LogP contribution is 2.04. The van der Waals surface area contributed by atoms with Crippen LogP contribution >= 0.6 is 0 Å². The molecule has 0 saturated carbocycles. The lowest BCUT2D eigenvalue weighted by atomic mass is 10.1. The Kier molecular flexibility index (Phi) is 5.67. The maximum atomic E-state index is 12.0. The van der Waals surface area contributed by atoms with Gasteiger partial charge in [-0.25, -0.2) is 0 Å². The number of primary amides is 1. The summed E-state index contributed by atoms with van der Waals surface area (Å²) in [5.41, 5.74) is 11.8. The monoisotopic (exact) mass is 278 g/mol. The van der Waals surface area contributed by atoms with Gasteiger partial charge in [-0.2, -0.15) is 0 Å². The number of carbonyl (C=O) groups excluding carboxylic acids is 3. The van der Waals surface area contributed by atoms with Crippen LogP contribution in [0.4, 0.5) is 0 Å². The summed E-state index contributed by atoms with van der Waals surface area (Å²) in [6.07, 6.45) is -0.258. The van der Waals surface area contributed by atoms with Gasteiger partial charge in [0.15, 0.2) is 0 Å². The van der Waals surface area contributed by atoms with E-state index in [0.29, 0.717) is 12.1 Å². The Balaban J connectivity index is 2.78. The molecule has 1 aromatic carbocycles. The standard InChI is InChI=1S/C13H18N4O3/c1-16-13(20)10(6-11(15)18)17-12(19)9-4-2-8(7-14)3-5-9/h2-5,10H,6-7,14H2,1H3,(H2,15,18)(H,16,20)(H,17,19). The van der Waals surface area contributed by atoms with Gasteiger partial charge in [-0.3, -0.25) is 14.4 Å². The number of hydrogen-bond acceptors (Lipinski definition) is 4. The topological polar surface area (TPSA) is 127 Å². The average molecular weight is 278 g/mol. The smallest absolute Gasteiger partial charge is 0.251 e. The predicted molar refractivity (Wildman–Crippen MR) is 73.5 cm³/mol. The van der Waals surface area contributed by atoms with Crippen molar-refractivity contribution in [1.82, 2.24) is 10.6 Å². The van der Waals surface area contributed by atoms with E-state index in [9.17, 15) is 14.4 Å². The molecule has 108 valence electrons. The maximum absolute atomic E-state index is 12.0. The molecule has 1 rings (SSSR count). The van der Waals surface area contributed by atoms with Gasteiger partial charge >= 0.3 is 0 Å². The lowest BCUT2D eigenvalue weighted by Gasteiger charge is -2.15. The van der Waals surface area contributed by atoms with Crippen LogP contribution < -0.4 is 22.1 Å². The Morgan fingerprint density at radius 3 is 2.25 bits per heavy atom. The zero-order valence-electron chi connectivity index (χ0n) is 11.2. The molecule has 0 bridgehead atoms. The number of hydrogen-bond donors (Lipinski definition) is 4. The normalized spacial score (nSPS) is 11.5. The van der Waals surface area contributed by atoms with Gasteiger partial charge in [-0.15, -0.1) is 0 Å². The van der Waals surface area contributed by atoms with Crippen molar-refractivity contribution in [2.24, 2.45) is 11.5 Å². The summed E-state index contributed by atoms with van der Waals surface area (Å²) in [6.45, 7) is 0.379. The van der Waals surface area contributed by atoms with E-state index in [1.165, 1.54) is 7.05 Å². The van der Waals surface area contributed by atoms with Gasteiger partial charge in [0, 0.05) is 19.2 Å². The van der Waals surface area contributed by atoms with Crippen molar-refractivity contribution in [1.29, 1.82) is 0 Å². The van der Waals surface area contributed by atoms with Crippen LogP contribution in [0.15, 0.2) is 24.3 Å². The highest BCUT2D eigenvalue weighted by molar-refractivity contribution is 5.98. The number of likely N-dealkylation sites (N-methyl/N-ethyl adjacent to an activating group) is 1. The molecule has 0 spiro atoms. The van der Waals surface area contributed by atoms with E-state index in [0.717, 1.165) is 5.56 Å². The molecule has 0 saturated heterocycles. The first-order chi connectivity index (χ1) is 9.47. The average Bonchev–Trinajstić information content (AvgIpc) is 2.45. The molecule has 7 nitrogen and oxygen atoms in total. The summed E-state index contributed by atoms with van der Waals surface area (Å²) >= 11 is 0. The maximum Gasteiger partial charge on any atom is 0.251 e. The van der Waals surface area contributed by atoms with Gasteiger partial charge in [-0.1, -0.05) is 12.1 Å². The fraction of sp³-hybridized carbons (Fsp3) is 0.308. The first-order valence-corrected chi connectivity index (χ1v) is 6.07. The van der Waals surface area contributed by atoms with Gasteiger partial charge in [-0.05, 0) is 17.7 Å². The minimum absolute atomic E-state index is 0.258. The largest absolute Gasteiger partial charge is 0.370 e. The zero-order valence-corrected chi connectivity index (χ0v) is 11.2. The number of benzene rings is 1. The Bertz CT molecular complexity index is 499. The Hall–Kier alpha value is -2.41. The molecule has 7 heteroatoms. The van der Waals surface area contributed by atoms with E-state index in [4.69, 9.17) is 11.5 Å². The van der Waals surface area contributed by atoms with Crippen molar-refractivity contribution in [2.45, 2.75) is 19.0 Å². The van der Waals surface area contributed by atoms with E-state index in [-0.39, 0.29) is 6.42 Å². The first kappa shape index (κ1) is 15.6. The summed E-state index contributed by atoms with van der Waals surface area (Å²) in [5, 5.41) is 4.84. The molecule has 0 aliphatic rings. The molecule has 1 unspecified atom stereocenters. The molecule has 0 aliphatic heterocycles. The molecule has 0 heterocycles. The van der Waals surface area contributed by atoms with Crippen LogP contribution in [0.5, 0.6) is 0 Å². The van der Waals surface area contributed by atoms with Crippen molar-refractivity contribution >= 4 is 17.7 Å². The van der Waals surface area contributed by atoms with Crippen molar-refractivity contribution < 1.29 is 14.4 Å². The third-order valence-electron chi connectivity index (χ3n) is 2.73. The van der Waals surface area contributed by atoms with Crippen LogP contribution in [0.25, 0.3) is 0 Å². The molecule has 6 N–H and O–H groups in total. The van der Waals surface area contributed by atoms with Crippen LogP contribution in [0, 0.1) is 0 Å². The molecule has 0 aliphatic carbocycles. The Labute approximate surface area is 116 Å². The summed E-state index contributed by atoms with van der Waals surface area (Å²) in [6, 6.07) is 5.65. The van der Waals surface area contributed by atoms with Gasteiger partial charge in [0.05, 0.1) is 6.42 Å². The number of rotatable bonds is 6. The number of carbonyl (C=O) groups is 3. The zero-order chi connectivity index (χ0) is 15.1. The second-order valence-electron chi connectivity index (χ2n) is 4.21. The van der Waals surface area contributed by atoms with Crippen LogP contribution in [0.2, 0.25) is 0 Å². The minimum Gasteiger partial charge on any atom is -0.370 e. The summed E-state index contributed by atoms with van der Waals surface area (Å²) in [7, 11) is 1.42. The van der Waals surface area contributed by atoms with Gasteiger partial charge in [0.25, 0.3) is 5.91 Å². The summed E-state index contributed by atoms with van der Waals surface area (Å²) in [5.74, 6) is -1.60. The summed E-state index contributed by atoms with van der Waals surface area (Å²) in [4.78, 5) is 34.5. The molecular formula is C13H18N4O3. The molecule has 20 heavy (non-hydrogen) atoms. The van der Waals surface area contributed by atoms with E-state index in [2.05, 4.69) is 10.6 Å². The molecule has 3 amide bonds. The number of nitrogens with one attached hydrogen (secondary N) is 2. The van der Waals surface area contributed by atoms with E-state index < -0.39 is 23.8 Å². The van der Waals surface area contributed by atoms with E-state index in [1.54, 1.807) is 24.3 Å². The third-order valence-corrected chi connectivity index (χ3v) is 2.73. The second-order valence-corrected chi connectivity index (χ2v) is 4.21. The molecule has 1 atom stereocenters. The number of nitrogens with two attached hydrogens (primary N) is 2. The SMILES string of the molecule is CNC(=O)C(CC(N)=O)NC(=O)c1ccc(CN)cc1. The number of amides is 3. The fourth-order valence-electron chi connectivity index (χ4n) is 1.62. The second kappa shape index (κ2) is 7.25. The Morgan fingerprint density at radius 2 is 1.80 bits per heavy atom. The van der Waals surface area contributed by atoms with E-state index >= 15 is 0 Å². The molecule has 0 aromatic heterocycles. The lowest BCUT2D eigenvalue weighted by Crippen LogP contribution is -2.47. The van der Waals surface area contributed by atoms with Crippen molar-refractivity contribution in [3.8, 4) is 0 Å². The molecule has 0 radical (unpaired) electrons. The van der Waals surface area contributed by atoms with Gasteiger partial charge in [0.2, 0.25) is 11.8 Å². The lowest BCUT2D eigenvalue weighted by molar-refractivity contribution is -0.126. The predicted octanol–water partition coefficient (Wildman–Crippen LogP) is -1.13. The van der Waals surface area contributed by atoms with Crippen LogP contribution in [0.1, 0.15) is 22.3 Å². The quantitative estimate of drug-likeness (QED) is 0.524. The minimum atomic E-state index is -0.987. The van der Waals surface area contributed by atoms with Crippen LogP contribution in [0.3, 0.4) is 0 Å². The van der Waals surface area contributed by atoms with Crippen LogP contribution in [-0.2, 0) is 16.1 Å². The molecular weight excluding hydrogens is 260 g/mol. The van der Waals surface area contributed by atoms with Crippen molar-refractivity contribution in [2.75, 3.05) is 7.05 Å². The van der Waals surface area contributed by atoms with Crippen LogP contribution in [-0.4, -0.2) is 30.8 Å². The molecule has 0 fully saturated rings. The van der Waals surface area contributed by atoms with Gasteiger partial charge in [0.1, 0.15) is 6.04 Å². The highest BCUT2D eigenvalue weighted by Gasteiger charge is 2.22. The van der Waals surface area contributed by atoms with Crippen molar-refractivity contribution in [3.63, 3.8) is 0 Å². The highest BCUT2D eigenvalue weighted by atomic mass is 16.2.